The van der Waals surface area contributed by atoms with Crippen molar-refractivity contribution in [2.75, 3.05) is 47.5 Å². The number of ether oxygens (including phenoxy) is 4. The average Bonchev–Trinajstić information content (AvgIpc) is 1.01. The Balaban J connectivity index is 4.04. The van der Waals surface area contributed by atoms with Crippen LogP contribution < -0.4 is 0 Å². The Labute approximate surface area is 634 Å². The number of allylic oxidation sites excluding steroid dienone is 30. The number of carboxylic acid groups (broad SMARTS) is 1. The van der Waals surface area contributed by atoms with E-state index in [2.05, 4.69) is 196 Å². The number of rotatable bonds is 76. The molecule has 103 heavy (non-hydrogen) atoms. The highest BCUT2D eigenvalue weighted by Gasteiger charge is 2.25. The fraction of sp³-hybridized carbons (Fsp3) is 0.649. The van der Waals surface area contributed by atoms with Crippen molar-refractivity contribution in [1.82, 2.24) is 0 Å². The molecule has 0 fully saturated rings. The van der Waals surface area contributed by atoms with Gasteiger partial charge in [-0.2, -0.15) is 0 Å². The molecule has 9 nitrogen and oxygen atoms in total. The summed E-state index contributed by atoms with van der Waals surface area (Å²) < 4.78 is 23.1. The molecule has 0 spiro atoms. The number of aliphatic carboxylic acids is 1. The van der Waals surface area contributed by atoms with E-state index in [1.807, 2.05) is 21.1 Å². The van der Waals surface area contributed by atoms with E-state index in [1.165, 1.54) is 173 Å². The summed E-state index contributed by atoms with van der Waals surface area (Å²) in [6.45, 7) is 4.66. The van der Waals surface area contributed by atoms with Crippen LogP contribution in [0.4, 0.5) is 0 Å². The molecule has 0 heterocycles. The van der Waals surface area contributed by atoms with Crippen LogP contribution in [-0.2, 0) is 33.3 Å². The molecule has 0 aromatic heterocycles. The Morgan fingerprint density at radius 2 is 0.524 bits per heavy atom. The molecular formula is C94H156NO8+. The van der Waals surface area contributed by atoms with Crippen molar-refractivity contribution in [3.63, 3.8) is 0 Å². The fourth-order valence-corrected chi connectivity index (χ4v) is 11.4. The van der Waals surface area contributed by atoms with Gasteiger partial charge in [-0.1, -0.05) is 369 Å². The lowest BCUT2D eigenvalue weighted by Gasteiger charge is -2.25. The van der Waals surface area contributed by atoms with E-state index >= 15 is 0 Å². The van der Waals surface area contributed by atoms with E-state index in [9.17, 15) is 19.5 Å². The van der Waals surface area contributed by atoms with Gasteiger partial charge in [-0.15, -0.1) is 0 Å². The number of hydrogen-bond donors (Lipinski definition) is 1. The van der Waals surface area contributed by atoms with Crippen molar-refractivity contribution in [3.05, 3.63) is 182 Å². The molecule has 0 aliphatic heterocycles. The van der Waals surface area contributed by atoms with Crippen LogP contribution in [0.25, 0.3) is 0 Å². The number of hydrogen-bond acceptors (Lipinski definition) is 7. The zero-order valence-electron chi connectivity index (χ0n) is 66.9. The van der Waals surface area contributed by atoms with Crippen LogP contribution in [0.2, 0.25) is 0 Å². The molecule has 0 amide bonds. The topological polar surface area (TPSA) is 108 Å². The minimum Gasteiger partial charge on any atom is -0.477 e. The molecule has 0 rings (SSSR count). The van der Waals surface area contributed by atoms with Crippen LogP contribution in [-0.4, -0.2) is 87.4 Å². The molecule has 0 saturated heterocycles. The number of carbonyl (C=O) groups excluding carboxylic acids is 2. The first-order valence-corrected chi connectivity index (χ1v) is 41.9. The third kappa shape index (κ3) is 83.5. The van der Waals surface area contributed by atoms with Crippen LogP contribution >= 0.6 is 0 Å². The first kappa shape index (κ1) is 97.4. The number of unbranched alkanes of at least 4 members (excludes halogenated alkanes) is 31. The molecule has 2 atom stereocenters. The lowest BCUT2D eigenvalue weighted by atomic mass is 10.0. The number of carboxylic acids is 1. The number of esters is 2. The molecule has 0 aliphatic carbocycles. The van der Waals surface area contributed by atoms with Gasteiger partial charge in [0.05, 0.1) is 34.4 Å². The van der Waals surface area contributed by atoms with E-state index in [0.29, 0.717) is 23.9 Å². The number of nitrogens with zero attached hydrogens (tertiary/aromatic N) is 1. The Morgan fingerprint density at radius 1 is 0.291 bits per heavy atom. The third-order valence-corrected chi connectivity index (χ3v) is 17.7. The van der Waals surface area contributed by atoms with Gasteiger partial charge in [0.15, 0.2) is 6.10 Å². The van der Waals surface area contributed by atoms with Crippen molar-refractivity contribution in [2.24, 2.45) is 0 Å². The minimum absolute atomic E-state index is 0.182. The monoisotopic (exact) mass is 1430 g/mol. The standard InChI is InChI=1S/C94H155NO8/c1-6-8-10-12-14-16-18-20-22-24-26-28-30-32-34-36-38-40-42-44-45-46-47-49-51-53-55-57-59-61-63-65-67-69-71-73-75-77-79-81-83-85-92(97)103-90(89-102-94(93(98)99)100-87-86-95(3,4)5)88-101-91(96)84-82-80-78-76-74-72-70-68-66-64-62-60-58-56-54-52-50-48-43-41-39-37-35-33-31-29-27-25-23-21-19-17-15-13-11-9-7-2/h8-11,14-17,20-23,26-29,32-35,38-41,44-45,47-50,90,94H,6-7,12-13,18-19,24-25,30-31,36-37,42-43,46,51-89H2,1-5H3/p+1/b10-8-,11-9-,16-14-,17-15-,22-20-,23-21-,28-26-,29-27-,34-32-,35-33-,40-38-,41-39-,45-44-,49-47-,50-48-. The first-order chi connectivity index (χ1) is 50.6. The summed E-state index contributed by atoms with van der Waals surface area (Å²) in [6.07, 6.45) is 122. The largest absolute Gasteiger partial charge is 0.477 e. The predicted octanol–water partition coefficient (Wildman–Crippen LogP) is 27.5. The molecule has 0 aromatic carbocycles. The minimum atomic E-state index is -1.52. The summed E-state index contributed by atoms with van der Waals surface area (Å²) in [5, 5.41) is 9.79. The van der Waals surface area contributed by atoms with Gasteiger partial charge in [-0.05, 0) is 135 Å². The Morgan fingerprint density at radius 3 is 0.777 bits per heavy atom. The van der Waals surface area contributed by atoms with Gasteiger partial charge in [0, 0.05) is 12.8 Å². The third-order valence-electron chi connectivity index (χ3n) is 17.7. The highest BCUT2D eigenvalue weighted by Crippen LogP contribution is 2.18. The van der Waals surface area contributed by atoms with Crippen LogP contribution in [0, 0.1) is 0 Å². The Hall–Kier alpha value is -5.61. The Kier molecular flexibility index (Phi) is 77.6. The molecule has 0 aromatic rings. The second-order valence-electron chi connectivity index (χ2n) is 28.7. The van der Waals surface area contributed by atoms with E-state index in [4.69, 9.17) is 18.9 Å². The number of likely N-dealkylation sites (N-methyl/N-ethyl adjacent to an activating group) is 1. The zero-order chi connectivity index (χ0) is 74.6. The molecular weight excluding hydrogens is 1270 g/mol. The van der Waals surface area contributed by atoms with E-state index in [0.717, 1.165) is 128 Å². The van der Waals surface area contributed by atoms with Gasteiger partial charge in [0.1, 0.15) is 13.2 Å². The molecule has 0 radical (unpaired) electrons. The van der Waals surface area contributed by atoms with Crippen LogP contribution in [0.3, 0.4) is 0 Å². The summed E-state index contributed by atoms with van der Waals surface area (Å²) in [5.41, 5.74) is 0. The maximum atomic E-state index is 13.0. The molecule has 584 valence electrons. The molecule has 0 saturated carbocycles. The van der Waals surface area contributed by atoms with Crippen molar-refractivity contribution < 1.29 is 42.9 Å². The van der Waals surface area contributed by atoms with Crippen molar-refractivity contribution >= 4 is 17.9 Å². The van der Waals surface area contributed by atoms with Crippen molar-refractivity contribution in [1.29, 1.82) is 0 Å². The average molecular weight is 1430 g/mol. The van der Waals surface area contributed by atoms with Gasteiger partial charge in [-0.3, -0.25) is 9.59 Å². The fourth-order valence-electron chi connectivity index (χ4n) is 11.4. The zero-order valence-corrected chi connectivity index (χ0v) is 66.9. The molecule has 0 bridgehead atoms. The van der Waals surface area contributed by atoms with Gasteiger partial charge >= 0.3 is 17.9 Å². The van der Waals surface area contributed by atoms with Gasteiger partial charge in [0.2, 0.25) is 0 Å². The molecule has 1 N–H and O–H groups in total. The second kappa shape index (κ2) is 82.1. The number of quaternary nitrogens is 1. The maximum absolute atomic E-state index is 13.0. The SMILES string of the molecule is CC/C=C\C/C=C\C/C=C\C/C=C\C/C=C\C/C=C\C/C=C\C/C=C\CCCCCCCCCCCCCCCCCCC(=O)OC(COC(=O)CCCCCCCCCCCCCCCCC/C=C\C/C=C\C/C=C\C/C=C\C/C=C\C/C=C\C/C=C\CC)COC(OCC[N+](C)(C)C)C(=O)O. The van der Waals surface area contributed by atoms with E-state index in [-0.39, 0.29) is 32.2 Å². The maximum Gasteiger partial charge on any atom is 0.361 e. The van der Waals surface area contributed by atoms with Crippen LogP contribution in [0.1, 0.15) is 335 Å². The lowest BCUT2D eigenvalue weighted by Crippen LogP contribution is -2.40. The molecule has 9 heteroatoms. The summed E-state index contributed by atoms with van der Waals surface area (Å²) in [7, 11) is 5.98. The van der Waals surface area contributed by atoms with E-state index < -0.39 is 24.3 Å². The van der Waals surface area contributed by atoms with Crippen LogP contribution in [0.5, 0.6) is 0 Å². The number of carbonyl (C=O) groups is 3. The first-order valence-electron chi connectivity index (χ1n) is 41.9. The second-order valence-corrected chi connectivity index (χ2v) is 28.7. The summed E-state index contributed by atoms with van der Waals surface area (Å²) in [4.78, 5) is 37.8. The lowest BCUT2D eigenvalue weighted by molar-refractivity contribution is -0.870. The quantitative estimate of drug-likeness (QED) is 0.0211. The molecule has 2 unspecified atom stereocenters. The summed E-state index contributed by atoms with van der Waals surface area (Å²) in [6, 6.07) is 0. The summed E-state index contributed by atoms with van der Waals surface area (Å²) >= 11 is 0. The van der Waals surface area contributed by atoms with Crippen molar-refractivity contribution in [3.8, 4) is 0 Å². The van der Waals surface area contributed by atoms with Gasteiger partial charge < -0.3 is 28.5 Å². The van der Waals surface area contributed by atoms with Crippen molar-refractivity contribution in [2.45, 2.75) is 347 Å². The van der Waals surface area contributed by atoms with E-state index in [1.54, 1.807) is 0 Å². The van der Waals surface area contributed by atoms with Crippen LogP contribution in [0.15, 0.2) is 182 Å². The predicted molar refractivity (Wildman–Crippen MR) is 446 cm³/mol. The highest BCUT2D eigenvalue weighted by molar-refractivity contribution is 5.71. The smallest absolute Gasteiger partial charge is 0.361 e. The van der Waals surface area contributed by atoms with Gasteiger partial charge in [-0.25, -0.2) is 4.79 Å². The molecule has 0 aliphatic rings. The van der Waals surface area contributed by atoms with Gasteiger partial charge in [0.25, 0.3) is 6.29 Å². The summed E-state index contributed by atoms with van der Waals surface area (Å²) in [5.74, 6) is -2.00. The Bertz CT molecular complexity index is 2360. The normalized spacial score (nSPS) is 13.6. The highest BCUT2D eigenvalue weighted by atomic mass is 16.7.